The second kappa shape index (κ2) is 3.95. The Morgan fingerprint density at radius 3 is 2.33 bits per heavy atom. The highest BCUT2D eigenvalue weighted by Gasteiger charge is 1.88. The monoisotopic (exact) mass is 128 g/mol. The van der Waals surface area contributed by atoms with Gasteiger partial charge in [-0.25, -0.2) is 0 Å². The standard InChI is InChI=1S/C6H12N2O/c1-5(7)4-6(8-2)9-3/h4,7-8H,1-3H3/b6-4+,7-5?. The summed E-state index contributed by atoms with van der Waals surface area (Å²) in [7, 11) is 3.31. The molecule has 0 radical (unpaired) electrons. The maximum atomic E-state index is 7.04. The zero-order chi connectivity index (χ0) is 7.28. The van der Waals surface area contributed by atoms with Crippen molar-refractivity contribution in [2.24, 2.45) is 0 Å². The number of nitrogens with one attached hydrogen (secondary N) is 2. The van der Waals surface area contributed by atoms with Gasteiger partial charge < -0.3 is 15.5 Å². The molecule has 0 saturated carbocycles. The van der Waals surface area contributed by atoms with Crippen molar-refractivity contribution >= 4 is 5.71 Å². The number of allylic oxidation sites excluding steroid dienone is 1. The van der Waals surface area contributed by atoms with Crippen LogP contribution in [-0.4, -0.2) is 19.9 Å². The maximum absolute atomic E-state index is 7.04. The van der Waals surface area contributed by atoms with E-state index in [1.54, 1.807) is 27.2 Å². The van der Waals surface area contributed by atoms with Crippen LogP contribution in [0.25, 0.3) is 0 Å². The van der Waals surface area contributed by atoms with Crippen LogP contribution >= 0.6 is 0 Å². The van der Waals surface area contributed by atoms with Gasteiger partial charge in [-0.1, -0.05) is 0 Å². The molecule has 0 saturated heterocycles. The van der Waals surface area contributed by atoms with E-state index in [0.717, 1.165) is 0 Å². The summed E-state index contributed by atoms with van der Waals surface area (Å²) in [6.07, 6.45) is 1.61. The Morgan fingerprint density at radius 1 is 1.67 bits per heavy atom. The summed E-state index contributed by atoms with van der Waals surface area (Å²) in [6, 6.07) is 0. The SMILES string of the molecule is CN/C(=C\C(C)=N)OC. The van der Waals surface area contributed by atoms with Crippen molar-refractivity contribution in [1.29, 1.82) is 5.41 Å². The summed E-state index contributed by atoms with van der Waals surface area (Å²) in [4.78, 5) is 0. The highest BCUT2D eigenvalue weighted by atomic mass is 16.5. The van der Waals surface area contributed by atoms with Crippen LogP contribution in [0.3, 0.4) is 0 Å². The Labute approximate surface area is 55.2 Å². The van der Waals surface area contributed by atoms with Crippen LogP contribution in [0.15, 0.2) is 12.0 Å². The average Bonchev–Trinajstić information content (AvgIpc) is 1.82. The molecular formula is C6H12N2O. The molecule has 0 rings (SSSR count). The van der Waals surface area contributed by atoms with E-state index in [9.17, 15) is 0 Å². The number of ether oxygens (including phenoxy) is 1. The van der Waals surface area contributed by atoms with Crippen molar-refractivity contribution in [3.63, 3.8) is 0 Å². The first-order valence-corrected chi connectivity index (χ1v) is 2.69. The van der Waals surface area contributed by atoms with E-state index >= 15 is 0 Å². The lowest BCUT2D eigenvalue weighted by Crippen LogP contribution is -2.08. The molecule has 0 aliphatic rings. The van der Waals surface area contributed by atoms with Gasteiger partial charge in [0.2, 0.25) is 0 Å². The first kappa shape index (κ1) is 8.01. The van der Waals surface area contributed by atoms with Crippen LogP contribution in [0.4, 0.5) is 0 Å². The lowest BCUT2D eigenvalue weighted by Gasteiger charge is -2.02. The number of hydrogen-bond donors (Lipinski definition) is 2. The van der Waals surface area contributed by atoms with Crippen LogP contribution in [0.1, 0.15) is 6.92 Å². The Morgan fingerprint density at radius 2 is 2.22 bits per heavy atom. The molecule has 3 nitrogen and oxygen atoms in total. The molecule has 0 atom stereocenters. The smallest absolute Gasteiger partial charge is 0.187 e. The van der Waals surface area contributed by atoms with Gasteiger partial charge in [0.1, 0.15) is 0 Å². The molecule has 9 heavy (non-hydrogen) atoms. The fourth-order valence-corrected chi connectivity index (χ4v) is 0.430. The summed E-state index contributed by atoms with van der Waals surface area (Å²) < 4.78 is 4.82. The fourth-order valence-electron chi connectivity index (χ4n) is 0.430. The molecule has 0 aromatic carbocycles. The van der Waals surface area contributed by atoms with Gasteiger partial charge in [0, 0.05) is 18.8 Å². The van der Waals surface area contributed by atoms with Crippen molar-refractivity contribution in [1.82, 2.24) is 5.32 Å². The molecule has 0 amide bonds. The molecule has 0 aromatic rings. The highest BCUT2D eigenvalue weighted by Crippen LogP contribution is 1.87. The van der Waals surface area contributed by atoms with E-state index in [2.05, 4.69) is 5.32 Å². The molecule has 0 aromatic heterocycles. The van der Waals surface area contributed by atoms with Crippen molar-refractivity contribution < 1.29 is 4.74 Å². The van der Waals surface area contributed by atoms with E-state index in [1.807, 2.05) is 0 Å². The third-order valence-corrected chi connectivity index (χ3v) is 0.814. The van der Waals surface area contributed by atoms with Crippen LogP contribution in [0.5, 0.6) is 0 Å². The van der Waals surface area contributed by atoms with Gasteiger partial charge in [-0.15, -0.1) is 0 Å². The zero-order valence-electron chi connectivity index (χ0n) is 5.99. The topological polar surface area (TPSA) is 45.1 Å². The average molecular weight is 128 g/mol. The van der Waals surface area contributed by atoms with Gasteiger partial charge in [0.15, 0.2) is 5.88 Å². The molecule has 52 valence electrons. The van der Waals surface area contributed by atoms with Gasteiger partial charge in [0.25, 0.3) is 0 Å². The van der Waals surface area contributed by atoms with Crippen molar-refractivity contribution in [3.8, 4) is 0 Å². The van der Waals surface area contributed by atoms with E-state index in [0.29, 0.717) is 11.6 Å². The Balaban J connectivity index is 3.91. The summed E-state index contributed by atoms with van der Waals surface area (Å²) in [6.45, 7) is 1.69. The van der Waals surface area contributed by atoms with Crippen LogP contribution < -0.4 is 5.32 Å². The van der Waals surface area contributed by atoms with Gasteiger partial charge in [0.05, 0.1) is 7.11 Å². The minimum atomic E-state index is 0.473. The summed E-state index contributed by atoms with van der Waals surface area (Å²) in [5, 5.41) is 9.82. The number of rotatable bonds is 3. The molecule has 0 fully saturated rings. The van der Waals surface area contributed by atoms with Gasteiger partial charge in [-0.2, -0.15) is 0 Å². The second-order valence-corrected chi connectivity index (χ2v) is 1.65. The fraction of sp³-hybridized carbons (Fsp3) is 0.500. The third kappa shape index (κ3) is 3.58. The molecule has 0 spiro atoms. The summed E-state index contributed by atoms with van der Waals surface area (Å²) in [5.74, 6) is 0.613. The molecular weight excluding hydrogens is 116 g/mol. The van der Waals surface area contributed by atoms with E-state index in [4.69, 9.17) is 10.1 Å². The predicted octanol–water partition coefficient (Wildman–Crippen LogP) is 0.733. The van der Waals surface area contributed by atoms with E-state index in [-0.39, 0.29) is 0 Å². The molecule has 0 bridgehead atoms. The highest BCUT2D eigenvalue weighted by molar-refractivity contribution is 5.90. The third-order valence-electron chi connectivity index (χ3n) is 0.814. The normalized spacial score (nSPS) is 10.8. The van der Waals surface area contributed by atoms with Crippen LogP contribution in [-0.2, 0) is 4.74 Å². The predicted molar refractivity (Wildman–Crippen MR) is 37.6 cm³/mol. The molecule has 2 N–H and O–H groups in total. The largest absolute Gasteiger partial charge is 0.482 e. The number of hydrogen-bond acceptors (Lipinski definition) is 3. The minimum Gasteiger partial charge on any atom is -0.482 e. The lowest BCUT2D eigenvalue weighted by atomic mass is 10.4. The molecule has 0 aliphatic heterocycles. The Bertz CT molecular complexity index is 123. The molecule has 0 unspecified atom stereocenters. The second-order valence-electron chi connectivity index (χ2n) is 1.65. The van der Waals surface area contributed by atoms with Crippen LogP contribution in [0, 0.1) is 5.41 Å². The maximum Gasteiger partial charge on any atom is 0.187 e. The van der Waals surface area contributed by atoms with E-state index in [1.165, 1.54) is 0 Å². The quantitative estimate of drug-likeness (QED) is 0.435. The minimum absolute atomic E-state index is 0.473. The summed E-state index contributed by atoms with van der Waals surface area (Å²) >= 11 is 0. The van der Waals surface area contributed by atoms with Gasteiger partial charge in [-0.3, -0.25) is 0 Å². The zero-order valence-corrected chi connectivity index (χ0v) is 5.99. The first-order chi connectivity index (χ1) is 4.20. The van der Waals surface area contributed by atoms with Gasteiger partial charge >= 0.3 is 0 Å². The van der Waals surface area contributed by atoms with Crippen LogP contribution in [0.2, 0.25) is 0 Å². The van der Waals surface area contributed by atoms with Gasteiger partial charge in [-0.05, 0) is 6.92 Å². The van der Waals surface area contributed by atoms with Crippen molar-refractivity contribution in [3.05, 3.63) is 12.0 Å². The molecule has 3 heteroatoms. The van der Waals surface area contributed by atoms with E-state index < -0.39 is 0 Å². The Hall–Kier alpha value is -0.990. The molecule has 0 aliphatic carbocycles. The van der Waals surface area contributed by atoms with Crippen molar-refractivity contribution in [2.75, 3.05) is 14.2 Å². The molecule has 0 heterocycles. The first-order valence-electron chi connectivity index (χ1n) is 2.69. The summed E-state index contributed by atoms with van der Waals surface area (Å²) in [5.41, 5.74) is 0.473. The number of methoxy groups -OCH3 is 1. The lowest BCUT2D eigenvalue weighted by molar-refractivity contribution is 0.269. The Kier molecular flexibility index (Phi) is 3.51. The van der Waals surface area contributed by atoms with Crippen molar-refractivity contribution in [2.45, 2.75) is 6.92 Å².